The largest absolute Gasteiger partial charge is 0.494 e. The molecule has 13 heavy (non-hydrogen) atoms. The van der Waals surface area contributed by atoms with Crippen molar-refractivity contribution in [3.05, 3.63) is 35.9 Å². The van der Waals surface area contributed by atoms with Crippen molar-refractivity contribution >= 4 is 22.0 Å². The summed E-state index contributed by atoms with van der Waals surface area (Å²) < 4.78 is 5.33. The molecule has 0 atom stereocenters. The minimum Gasteiger partial charge on any atom is -0.494 e. The summed E-state index contributed by atoms with van der Waals surface area (Å²) in [6.45, 7) is 2.70. The second-order valence-corrected chi connectivity index (χ2v) is 3.21. The topological polar surface area (TPSA) is 9.23 Å². The van der Waals surface area contributed by atoms with Gasteiger partial charge in [0.1, 0.15) is 5.75 Å². The molecule has 0 amide bonds. The zero-order valence-electron chi connectivity index (χ0n) is 7.66. The smallest absolute Gasteiger partial charge is 0.119 e. The first-order chi connectivity index (χ1) is 6.36. The number of benzene rings is 1. The fraction of sp³-hybridized carbons (Fsp3) is 0.273. The van der Waals surface area contributed by atoms with Crippen LogP contribution in [-0.2, 0) is 0 Å². The van der Waals surface area contributed by atoms with Crippen LogP contribution in [0.2, 0.25) is 0 Å². The Morgan fingerprint density at radius 2 is 2.00 bits per heavy atom. The summed E-state index contributed by atoms with van der Waals surface area (Å²) in [6.07, 6.45) is 4.14. The molecule has 1 aromatic rings. The Morgan fingerprint density at radius 3 is 2.54 bits per heavy atom. The Kier molecular flexibility index (Phi) is 4.61. The number of hydrogen-bond acceptors (Lipinski definition) is 1. The van der Waals surface area contributed by atoms with Crippen LogP contribution in [0.1, 0.15) is 12.5 Å². The van der Waals surface area contributed by atoms with Gasteiger partial charge in [0.05, 0.1) is 6.61 Å². The van der Waals surface area contributed by atoms with Gasteiger partial charge in [-0.15, -0.1) is 0 Å². The molecule has 70 valence electrons. The summed E-state index contributed by atoms with van der Waals surface area (Å²) in [5, 5.41) is 0.889. The predicted octanol–water partition coefficient (Wildman–Crippen LogP) is 3.49. The number of allylic oxidation sites excluding steroid dienone is 1. The monoisotopic (exact) mass is 240 g/mol. The number of rotatable bonds is 4. The van der Waals surface area contributed by atoms with Crippen molar-refractivity contribution in [3.8, 4) is 5.75 Å². The van der Waals surface area contributed by atoms with Gasteiger partial charge in [0.25, 0.3) is 0 Å². The van der Waals surface area contributed by atoms with Crippen molar-refractivity contribution in [2.24, 2.45) is 0 Å². The quantitative estimate of drug-likeness (QED) is 0.733. The summed E-state index contributed by atoms with van der Waals surface area (Å²) in [7, 11) is 0. The van der Waals surface area contributed by atoms with Gasteiger partial charge in [-0.25, -0.2) is 0 Å². The molecule has 0 aromatic heterocycles. The van der Waals surface area contributed by atoms with E-state index in [4.69, 9.17) is 4.74 Å². The Labute approximate surface area is 87.5 Å². The van der Waals surface area contributed by atoms with E-state index >= 15 is 0 Å². The Morgan fingerprint density at radius 1 is 1.31 bits per heavy atom. The number of halogens is 1. The third-order valence-electron chi connectivity index (χ3n) is 1.59. The Balaban J connectivity index is 2.64. The van der Waals surface area contributed by atoms with E-state index in [0.717, 1.165) is 17.7 Å². The summed E-state index contributed by atoms with van der Waals surface area (Å²) in [5.74, 6) is 0.929. The number of alkyl halides is 1. The van der Waals surface area contributed by atoms with E-state index in [-0.39, 0.29) is 0 Å². The zero-order chi connectivity index (χ0) is 9.52. The summed E-state index contributed by atoms with van der Waals surface area (Å²) >= 11 is 3.33. The molecule has 0 saturated heterocycles. The van der Waals surface area contributed by atoms with Gasteiger partial charge >= 0.3 is 0 Å². The van der Waals surface area contributed by atoms with Crippen LogP contribution in [0.4, 0.5) is 0 Å². The molecule has 0 fully saturated rings. The van der Waals surface area contributed by atoms with Crippen molar-refractivity contribution in [2.45, 2.75) is 6.92 Å². The molecule has 0 saturated carbocycles. The Bertz CT molecular complexity index is 264. The molecule has 0 N–H and O–H groups in total. The van der Waals surface area contributed by atoms with Gasteiger partial charge in [0, 0.05) is 5.33 Å². The van der Waals surface area contributed by atoms with Crippen LogP contribution >= 0.6 is 15.9 Å². The highest BCUT2D eigenvalue weighted by Crippen LogP contribution is 2.12. The van der Waals surface area contributed by atoms with Crippen molar-refractivity contribution in [2.75, 3.05) is 11.9 Å². The minimum absolute atomic E-state index is 0.719. The third-order valence-corrected chi connectivity index (χ3v) is 1.96. The molecule has 2 heteroatoms. The molecule has 0 aliphatic heterocycles. The maximum atomic E-state index is 5.33. The maximum Gasteiger partial charge on any atom is 0.119 e. The molecule has 0 spiro atoms. The molecule has 0 aliphatic carbocycles. The van der Waals surface area contributed by atoms with Crippen LogP contribution in [0.5, 0.6) is 5.75 Å². The molecule has 1 nitrogen and oxygen atoms in total. The summed E-state index contributed by atoms with van der Waals surface area (Å²) in [5.41, 5.74) is 1.20. The average Bonchev–Trinajstić information content (AvgIpc) is 2.17. The van der Waals surface area contributed by atoms with Gasteiger partial charge in [-0.2, -0.15) is 0 Å². The molecule has 0 radical (unpaired) electrons. The fourth-order valence-electron chi connectivity index (χ4n) is 1.02. The fourth-order valence-corrected chi connectivity index (χ4v) is 1.21. The van der Waals surface area contributed by atoms with Gasteiger partial charge in [0.15, 0.2) is 0 Å². The van der Waals surface area contributed by atoms with Crippen LogP contribution < -0.4 is 4.74 Å². The van der Waals surface area contributed by atoms with Gasteiger partial charge in [-0.1, -0.05) is 40.2 Å². The van der Waals surface area contributed by atoms with E-state index in [0.29, 0.717) is 0 Å². The second-order valence-electron chi connectivity index (χ2n) is 2.56. The van der Waals surface area contributed by atoms with Crippen molar-refractivity contribution in [1.82, 2.24) is 0 Å². The lowest BCUT2D eigenvalue weighted by Crippen LogP contribution is -1.90. The molecule has 0 unspecified atom stereocenters. The highest BCUT2D eigenvalue weighted by molar-refractivity contribution is 9.09. The van der Waals surface area contributed by atoms with Crippen LogP contribution in [0.15, 0.2) is 30.3 Å². The van der Waals surface area contributed by atoms with Crippen LogP contribution in [0, 0.1) is 0 Å². The van der Waals surface area contributed by atoms with Gasteiger partial charge < -0.3 is 4.74 Å². The third kappa shape index (κ3) is 3.64. The first-order valence-corrected chi connectivity index (χ1v) is 5.44. The van der Waals surface area contributed by atoms with Crippen LogP contribution in [-0.4, -0.2) is 11.9 Å². The van der Waals surface area contributed by atoms with E-state index in [1.54, 1.807) is 0 Å². The molecule has 0 bridgehead atoms. The number of ether oxygens (including phenoxy) is 1. The van der Waals surface area contributed by atoms with E-state index in [2.05, 4.69) is 28.1 Å². The standard InChI is InChI=1S/C11H13BrO/c1-2-13-11-7-5-10(6-8-11)4-3-9-12/h3-8H,2,9H2,1H3. The lowest BCUT2D eigenvalue weighted by molar-refractivity contribution is 0.340. The second kappa shape index (κ2) is 5.81. The minimum atomic E-state index is 0.719. The SMILES string of the molecule is CCOc1ccc(C=CCBr)cc1. The highest BCUT2D eigenvalue weighted by Gasteiger charge is 1.90. The summed E-state index contributed by atoms with van der Waals surface area (Å²) in [4.78, 5) is 0. The van der Waals surface area contributed by atoms with Gasteiger partial charge in [-0.05, 0) is 24.6 Å². The van der Waals surface area contributed by atoms with E-state index in [1.165, 1.54) is 5.56 Å². The van der Waals surface area contributed by atoms with E-state index < -0.39 is 0 Å². The summed E-state index contributed by atoms with van der Waals surface area (Å²) in [6, 6.07) is 8.06. The average molecular weight is 241 g/mol. The molecule has 0 heterocycles. The number of hydrogen-bond donors (Lipinski definition) is 0. The molecule has 0 aliphatic rings. The van der Waals surface area contributed by atoms with Gasteiger partial charge in [-0.3, -0.25) is 0 Å². The first kappa shape index (κ1) is 10.3. The lowest BCUT2D eigenvalue weighted by Gasteiger charge is -2.01. The van der Waals surface area contributed by atoms with E-state index in [9.17, 15) is 0 Å². The molecule has 1 rings (SSSR count). The Hall–Kier alpha value is -0.760. The van der Waals surface area contributed by atoms with E-state index in [1.807, 2.05) is 31.2 Å². The molecule has 1 aromatic carbocycles. The molecular formula is C11H13BrO. The van der Waals surface area contributed by atoms with Crippen molar-refractivity contribution < 1.29 is 4.74 Å². The van der Waals surface area contributed by atoms with Crippen LogP contribution in [0.25, 0.3) is 6.08 Å². The maximum absolute atomic E-state index is 5.33. The predicted molar refractivity (Wildman–Crippen MR) is 60.4 cm³/mol. The lowest BCUT2D eigenvalue weighted by atomic mass is 10.2. The zero-order valence-corrected chi connectivity index (χ0v) is 9.25. The van der Waals surface area contributed by atoms with Crippen molar-refractivity contribution in [3.63, 3.8) is 0 Å². The molecular weight excluding hydrogens is 228 g/mol. The highest BCUT2D eigenvalue weighted by atomic mass is 79.9. The van der Waals surface area contributed by atoms with Crippen molar-refractivity contribution in [1.29, 1.82) is 0 Å². The normalized spacial score (nSPS) is 10.6. The first-order valence-electron chi connectivity index (χ1n) is 4.32. The van der Waals surface area contributed by atoms with Crippen LogP contribution in [0.3, 0.4) is 0 Å². The van der Waals surface area contributed by atoms with Gasteiger partial charge in [0.2, 0.25) is 0 Å².